The van der Waals surface area contributed by atoms with Gasteiger partial charge < -0.3 is 10.3 Å². The molecule has 1 aliphatic carbocycles. The summed E-state index contributed by atoms with van der Waals surface area (Å²) in [5.74, 6) is 1.61. The highest BCUT2D eigenvalue weighted by Crippen LogP contribution is 2.30. The minimum atomic E-state index is 0.0336. The molecular formula is C20H28N2O. The minimum absolute atomic E-state index is 0.0336. The molecule has 0 aliphatic heterocycles. The molecule has 1 amide bonds. The van der Waals surface area contributed by atoms with E-state index >= 15 is 0 Å². The number of rotatable bonds is 3. The van der Waals surface area contributed by atoms with Gasteiger partial charge in [0.1, 0.15) is 5.69 Å². The lowest BCUT2D eigenvalue weighted by molar-refractivity contribution is 0.0913. The summed E-state index contributed by atoms with van der Waals surface area (Å²) < 4.78 is 0. The van der Waals surface area contributed by atoms with Crippen LogP contribution in [0, 0.1) is 25.7 Å². The van der Waals surface area contributed by atoms with Crippen LogP contribution in [0.3, 0.4) is 0 Å². The van der Waals surface area contributed by atoms with Gasteiger partial charge in [-0.2, -0.15) is 0 Å². The highest BCUT2D eigenvalue weighted by Gasteiger charge is 2.24. The second-order valence-corrected chi connectivity index (χ2v) is 7.56. The molecule has 0 bridgehead atoms. The Morgan fingerprint density at radius 1 is 1.13 bits per heavy atom. The molecule has 0 saturated heterocycles. The fraction of sp³-hybridized carbons (Fsp3) is 0.550. The Morgan fingerprint density at radius 2 is 1.83 bits per heavy atom. The van der Waals surface area contributed by atoms with Crippen LogP contribution in [0.25, 0.3) is 10.9 Å². The van der Waals surface area contributed by atoms with E-state index in [4.69, 9.17) is 0 Å². The number of carbonyl (C=O) groups excluding carboxylic acids is 1. The Hall–Kier alpha value is -1.77. The van der Waals surface area contributed by atoms with Crippen molar-refractivity contribution in [2.75, 3.05) is 0 Å². The molecule has 1 fully saturated rings. The van der Waals surface area contributed by atoms with Crippen molar-refractivity contribution in [3.63, 3.8) is 0 Å². The summed E-state index contributed by atoms with van der Waals surface area (Å²) in [6, 6.07) is 6.57. The number of H-pyrrole nitrogens is 1. The Kier molecular flexibility index (Phi) is 4.47. The lowest BCUT2D eigenvalue weighted by atomic mass is 9.80. The number of benzene rings is 1. The lowest BCUT2D eigenvalue weighted by Gasteiger charge is -2.31. The van der Waals surface area contributed by atoms with Gasteiger partial charge in [-0.3, -0.25) is 4.79 Å². The summed E-state index contributed by atoms with van der Waals surface area (Å²) in [4.78, 5) is 15.8. The van der Waals surface area contributed by atoms with E-state index in [-0.39, 0.29) is 5.91 Å². The normalized spacial score (nSPS) is 21.8. The average Bonchev–Trinajstić information content (AvgIpc) is 2.92. The number of hydrogen-bond acceptors (Lipinski definition) is 1. The van der Waals surface area contributed by atoms with Crippen molar-refractivity contribution in [1.29, 1.82) is 0 Å². The van der Waals surface area contributed by atoms with Gasteiger partial charge in [0.05, 0.1) is 0 Å². The molecule has 1 heterocycles. The molecule has 0 unspecified atom stereocenters. The molecule has 1 aliphatic rings. The zero-order valence-corrected chi connectivity index (χ0v) is 14.7. The van der Waals surface area contributed by atoms with Gasteiger partial charge in [-0.05, 0) is 74.6 Å². The molecule has 0 spiro atoms. The van der Waals surface area contributed by atoms with E-state index < -0.39 is 0 Å². The maximum Gasteiger partial charge on any atom is 0.267 e. The number of nitrogens with one attached hydrogen (secondary N) is 2. The third-order valence-corrected chi connectivity index (χ3v) is 5.38. The smallest absolute Gasteiger partial charge is 0.267 e. The van der Waals surface area contributed by atoms with Crippen molar-refractivity contribution < 1.29 is 4.79 Å². The summed E-state index contributed by atoms with van der Waals surface area (Å²) in [7, 11) is 0. The third-order valence-electron chi connectivity index (χ3n) is 5.38. The van der Waals surface area contributed by atoms with Crippen LogP contribution in [-0.4, -0.2) is 16.9 Å². The van der Waals surface area contributed by atoms with Crippen LogP contribution in [-0.2, 0) is 0 Å². The van der Waals surface area contributed by atoms with Crippen LogP contribution in [0.4, 0.5) is 0 Å². The zero-order chi connectivity index (χ0) is 16.6. The van der Waals surface area contributed by atoms with E-state index in [1.54, 1.807) is 0 Å². The molecule has 1 saturated carbocycles. The summed E-state index contributed by atoms with van der Waals surface area (Å²) in [5, 5.41) is 4.36. The van der Waals surface area contributed by atoms with Crippen LogP contribution in [0.15, 0.2) is 18.2 Å². The molecule has 3 nitrogen and oxygen atoms in total. The van der Waals surface area contributed by atoms with E-state index in [1.807, 2.05) is 6.07 Å². The fourth-order valence-electron chi connectivity index (χ4n) is 3.91. The number of aryl methyl sites for hydroxylation is 2. The van der Waals surface area contributed by atoms with E-state index in [2.05, 4.69) is 50.1 Å². The number of aromatic nitrogens is 1. The second kappa shape index (κ2) is 6.38. The summed E-state index contributed by atoms with van der Waals surface area (Å²) in [6.45, 7) is 8.79. The first-order valence-electron chi connectivity index (χ1n) is 8.85. The predicted molar refractivity (Wildman–Crippen MR) is 95.8 cm³/mol. The van der Waals surface area contributed by atoms with Crippen LogP contribution in [0.1, 0.15) is 61.1 Å². The monoisotopic (exact) mass is 312 g/mol. The Morgan fingerprint density at radius 3 is 2.48 bits per heavy atom. The van der Waals surface area contributed by atoms with Gasteiger partial charge in [-0.1, -0.05) is 19.9 Å². The summed E-state index contributed by atoms with van der Waals surface area (Å²) >= 11 is 0. The first-order valence-corrected chi connectivity index (χ1v) is 8.85. The topological polar surface area (TPSA) is 44.9 Å². The van der Waals surface area contributed by atoms with Gasteiger partial charge in [0.25, 0.3) is 5.91 Å². The lowest BCUT2D eigenvalue weighted by Crippen LogP contribution is -2.38. The first-order chi connectivity index (χ1) is 10.9. The molecule has 0 radical (unpaired) electrons. The van der Waals surface area contributed by atoms with Gasteiger partial charge in [0.2, 0.25) is 0 Å². The molecule has 3 heteroatoms. The van der Waals surface area contributed by atoms with Crippen molar-refractivity contribution in [2.24, 2.45) is 11.8 Å². The van der Waals surface area contributed by atoms with Crippen LogP contribution < -0.4 is 5.32 Å². The minimum Gasteiger partial charge on any atom is -0.351 e. The second-order valence-electron chi connectivity index (χ2n) is 7.56. The van der Waals surface area contributed by atoms with Crippen molar-refractivity contribution in [2.45, 2.75) is 59.4 Å². The highest BCUT2D eigenvalue weighted by molar-refractivity contribution is 5.99. The Labute approximate surface area is 138 Å². The first kappa shape index (κ1) is 16.1. The maximum absolute atomic E-state index is 12.6. The molecular weight excluding hydrogens is 284 g/mol. The van der Waals surface area contributed by atoms with E-state index in [0.29, 0.717) is 11.7 Å². The van der Waals surface area contributed by atoms with Crippen molar-refractivity contribution in [3.05, 3.63) is 35.0 Å². The van der Waals surface area contributed by atoms with Gasteiger partial charge >= 0.3 is 0 Å². The number of fused-ring (bicyclic) bond motifs is 1. The molecule has 1 aromatic carbocycles. The quantitative estimate of drug-likeness (QED) is 0.845. The standard InChI is InChI=1S/C20H28N2O/c1-12(2)15-5-7-16(8-6-15)21-20(23)19-11-17-14(4)9-13(3)10-18(17)22-19/h9-12,15-16,22H,5-8H2,1-4H3,(H,21,23)/t15-,16-. The summed E-state index contributed by atoms with van der Waals surface area (Å²) in [6.07, 6.45) is 4.67. The average molecular weight is 312 g/mol. The fourth-order valence-corrected chi connectivity index (χ4v) is 3.91. The molecule has 2 N–H and O–H groups in total. The SMILES string of the molecule is Cc1cc(C)c2cc(C(=O)N[C@H]3CC[C@H](C(C)C)CC3)[nH]c2c1. The van der Waals surface area contributed by atoms with E-state index in [1.165, 1.54) is 24.0 Å². The van der Waals surface area contributed by atoms with Crippen molar-refractivity contribution in [3.8, 4) is 0 Å². The number of hydrogen-bond donors (Lipinski definition) is 2. The van der Waals surface area contributed by atoms with Crippen molar-refractivity contribution >= 4 is 16.8 Å². The molecule has 0 atom stereocenters. The van der Waals surface area contributed by atoms with Gasteiger partial charge in [0, 0.05) is 16.9 Å². The Balaban J connectivity index is 1.68. The zero-order valence-electron chi connectivity index (χ0n) is 14.7. The number of carbonyl (C=O) groups is 1. The van der Waals surface area contributed by atoms with Gasteiger partial charge in [0.15, 0.2) is 0 Å². The van der Waals surface area contributed by atoms with Gasteiger partial charge in [-0.15, -0.1) is 0 Å². The summed E-state index contributed by atoms with van der Waals surface area (Å²) in [5.41, 5.74) is 4.17. The van der Waals surface area contributed by atoms with Crippen LogP contribution >= 0.6 is 0 Å². The molecule has 3 rings (SSSR count). The number of aromatic amines is 1. The Bertz CT molecular complexity index is 706. The van der Waals surface area contributed by atoms with Gasteiger partial charge in [-0.25, -0.2) is 0 Å². The maximum atomic E-state index is 12.6. The van der Waals surface area contributed by atoms with Crippen LogP contribution in [0.5, 0.6) is 0 Å². The molecule has 23 heavy (non-hydrogen) atoms. The van der Waals surface area contributed by atoms with E-state index in [0.717, 1.165) is 35.6 Å². The van der Waals surface area contributed by atoms with Crippen LogP contribution in [0.2, 0.25) is 0 Å². The predicted octanol–water partition coefficient (Wildman–Crippen LogP) is 4.73. The molecule has 2 aromatic rings. The van der Waals surface area contributed by atoms with E-state index in [9.17, 15) is 4.79 Å². The molecule has 1 aromatic heterocycles. The molecule has 124 valence electrons. The largest absolute Gasteiger partial charge is 0.351 e. The third kappa shape index (κ3) is 3.44. The number of amides is 1. The highest BCUT2D eigenvalue weighted by atomic mass is 16.1. The van der Waals surface area contributed by atoms with Crippen molar-refractivity contribution in [1.82, 2.24) is 10.3 Å².